The van der Waals surface area contributed by atoms with Crippen LogP contribution in [-0.2, 0) is 19.6 Å². The smallest absolute Gasteiger partial charge is 0.407 e. The molecule has 13 heteroatoms. The Morgan fingerprint density at radius 1 is 1.04 bits per heavy atom. The lowest BCUT2D eigenvalue weighted by atomic mass is 9.80. The van der Waals surface area contributed by atoms with E-state index in [2.05, 4.69) is 20.9 Å². The zero-order valence-corrected chi connectivity index (χ0v) is 27.5. The highest BCUT2D eigenvalue weighted by Crippen LogP contribution is 2.33. The first-order valence-electron chi connectivity index (χ1n) is 15.8. The molecule has 0 radical (unpaired) electrons. The number of alkyl carbamates (subject to hydrolysis) is 1. The number of nitrogens with zero attached hydrogens (tertiary/aromatic N) is 2. The summed E-state index contributed by atoms with van der Waals surface area (Å²) in [7, 11) is -0.476. The number of piperazine rings is 1. The van der Waals surface area contributed by atoms with Gasteiger partial charge in [-0.2, -0.15) is 4.31 Å². The van der Waals surface area contributed by atoms with Gasteiger partial charge in [-0.25, -0.2) is 18.2 Å². The van der Waals surface area contributed by atoms with Crippen LogP contribution in [0.3, 0.4) is 0 Å². The number of sulfonamides is 1. The van der Waals surface area contributed by atoms with Gasteiger partial charge in [0.2, 0.25) is 21.8 Å². The van der Waals surface area contributed by atoms with Gasteiger partial charge in [-0.15, -0.1) is 0 Å². The number of rotatable bonds is 10. The highest BCUT2D eigenvalue weighted by Gasteiger charge is 2.40. The summed E-state index contributed by atoms with van der Waals surface area (Å²) in [4.78, 5) is 31.2. The molecule has 3 heterocycles. The third kappa shape index (κ3) is 8.27. The van der Waals surface area contributed by atoms with Crippen LogP contribution in [0.4, 0.5) is 4.79 Å². The van der Waals surface area contributed by atoms with Crippen molar-refractivity contribution in [3.05, 3.63) is 58.7 Å². The molecule has 2 aromatic rings. The number of carbonyl (C=O) groups is 2. The summed E-state index contributed by atoms with van der Waals surface area (Å²) >= 11 is 6.20. The molecule has 2 saturated heterocycles. The second-order valence-corrected chi connectivity index (χ2v) is 14.8. The number of benzene rings is 1. The van der Waals surface area contributed by atoms with Crippen LogP contribution in [0.2, 0.25) is 5.02 Å². The molecule has 2 amide bonds. The fourth-order valence-corrected chi connectivity index (χ4v) is 9.03. The van der Waals surface area contributed by atoms with E-state index in [-0.39, 0.29) is 35.7 Å². The number of hydrogen-bond donors (Lipinski definition) is 3. The lowest BCUT2D eigenvalue weighted by molar-refractivity contribution is -0.124. The number of nitrogens with one attached hydrogen (secondary N) is 3. The fraction of sp³-hybridized carbons (Fsp3) is 0.594. The molecule has 5 rings (SSSR count). The minimum atomic E-state index is -3.27. The van der Waals surface area contributed by atoms with Crippen molar-refractivity contribution in [3.63, 3.8) is 0 Å². The number of pyridine rings is 1. The Balaban J connectivity index is 1.36. The Morgan fingerprint density at radius 2 is 1.80 bits per heavy atom. The quantitative estimate of drug-likeness (QED) is 0.349. The molecule has 246 valence electrons. The van der Waals surface area contributed by atoms with E-state index in [1.54, 1.807) is 28.7 Å². The van der Waals surface area contributed by atoms with Crippen molar-refractivity contribution in [2.45, 2.75) is 81.5 Å². The van der Waals surface area contributed by atoms with Gasteiger partial charge in [0.25, 0.3) is 0 Å². The fourth-order valence-electron chi connectivity index (χ4n) is 7.10. The number of fused-ring (bicyclic) bond motifs is 2. The van der Waals surface area contributed by atoms with Crippen molar-refractivity contribution in [1.29, 1.82) is 0 Å². The number of methoxy groups -OCH3 is 2. The summed E-state index contributed by atoms with van der Waals surface area (Å²) in [5, 5.41) is 10.2. The van der Waals surface area contributed by atoms with Crippen LogP contribution >= 0.6 is 11.6 Å². The zero-order valence-electron chi connectivity index (χ0n) is 25.9. The summed E-state index contributed by atoms with van der Waals surface area (Å²) in [5.74, 6) is -0.110. The average molecular weight is 662 g/mol. The Morgan fingerprint density at radius 3 is 2.51 bits per heavy atom. The predicted octanol–water partition coefficient (Wildman–Crippen LogP) is 3.82. The standard InChI is InChI=1S/C32H44ClN5O6S/c1-43-28-16-12-23(18-35-28)29(22-9-13-24(33)14-10-22)30(37-32(40)44-2)31(39)36-27-8-4-3-6-21(27)11-15-26-19-34-25-7-5-17-45(41,42)38(26)20-25/h9-10,12-14,16,18,21,25-27,29-30,34H,3-8,11,15,17,19-20H2,1-2H3,(H,36,39)(H,37,40)/t21-,25-,26+,27+,29+,30+/m1/s1. The van der Waals surface area contributed by atoms with Crippen molar-refractivity contribution < 1.29 is 27.5 Å². The van der Waals surface area contributed by atoms with Gasteiger partial charge >= 0.3 is 6.09 Å². The molecule has 1 aliphatic carbocycles. The molecule has 1 saturated carbocycles. The lowest BCUT2D eigenvalue weighted by Gasteiger charge is -2.39. The molecular weight excluding hydrogens is 618 g/mol. The monoisotopic (exact) mass is 661 g/mol. The largest absolute Gasteiger partial charge is 0.481 e. The van der Waals surface area contributed by atoms with Gasteiger partial charge < -0.3 is 25.4 Å². The van der Waals surface area contributed by atoms with Crippen molar-refractivity contribution in [2.75, 3.05) is 33.1 Å². The number of hydrogen-bond acceptors (Lipinski definition) is 8. The van der Waals surface area contributed by atoms with E-state index in [9.17, 15) is 18.0 Å². The molecule has 45 heavy (non-hydrogen) atoms. The van der Waals surface area contributed by atoms with E-state index in [1.165, 1.54) is 14.2 Å². The van der Waals surface area contributed by atoms with Gasteiger partial charge in [0.15, 0.2) is 0 Å². The topological polar surface area (TPSA) is 139 Å². The highest BCUT2D eigenvalue weighted by atomic mass is 35.5. The summed E-state index contributed by atoms with van der Waals surface area (Å²) in [5.41, 5.74) is 1.47. The Kier molecular flexibility index (Phi) is 11.2. The Bertz CT molecular complexity index is 1410. The first kappa shape index (κ1) is 33.4. The van der Waals surface area contributed by atoms with Crippen LogP contribution in [0, 0.1) is 5.92 Å². The summed E-state index contributed by atoms with van der Waals surface area (Å²) in [6, 6.07) is 9.70. The molecule has 1 aromatic carbocycles. The van der Waals surface area contributed by atoms with E-state index in [4.69, 9.17) is 21.1 Å². The number of aromatic nitrogens is 1. The number of ether oxygens (including phenoxy) is 2. The van der Waals surface area contributed by atoms with Gasteiger partial charge in [-0.05, 0) is 67.7 Å². The van der Waals surface area contributed by atoms with Gasteiger partial charge in [-0.1, -0.05) is 42.6 Å². The van der Waals surface area contributed by atoms with E-state index in [0.717, 1.165) is 50.5 Å². The normalized spacial score (nSPS) is 27.3. The molecular formula is C32H44ClN5O6S. The first-order chi connectivity index (χ1) is 21.7. The van der Waals surface area contributed by atoms with Crippen LogP contribution in [0.1, 0.15) is 68.4 Å². The Hall–Kier alpha value is -2.93. The summed E-state index contributed by atoms with van der Waals surface area (Å²) in [6.07, 6.45) is 7.79. The third-order valence-electron chi connectivity index (χ3n) is 9.50. The van der Waals surface area contributed by atoms with Gasteiger partial charge in [0.05, 0.1) is 20.0 Å². The molecule has 2 aliphatic heterocycles. The third-order valence-corrected chi connectivity index (χ3v) is 11.7. The summed E-state index contributed by atoms with van der Waals surface area (Å²) in [6.45, 7) is 1.18. The molecule has 3 aliphatic rings. The zero-order chi connectivity index (χ0) is 32.0. The molecule has 0 spiro atoms. The van der Waals surface area contributed by atoms with Crippen molar-refractivity contribution in [1.82, 2.24) is 25.2 Å². The molecule has 1 unspecified atom stereocenters. The number of halogens is 1. The Labute approximate surface area is 270 Å². The second-order valence-electron chi connectivity index (χ2n) is 12.3. The van der Waals surface area contributed by atoms with Crippen LogP contribution in [-0.4, -0.2) is 86.9 Å². The molecule has 3 fully saturated rings. The van der Waals surface area contributed by atoms with Gasteiger partial charge in [0.1, 0.15) is 6.04 Å². The molecule has 3 N–H and O–H groups in total. The molecule has 2 bridgehead atoms. The van der Waals surface area contributed by atoms with E-state index in [1.807, 2.05) is 18.2 Å². The molecule has 1 aromatic heterocycles. The molecule has 7 atom stereocenters. The van der Waals surface area contributed by atoms with Crippen LogP contribution in [0.25, 0.3) is 0 Å². The number of amides is 2. The van der Waals surface area contributed by atoms with Crippen LogP contribution < -0.4 is 20.7 Å². The van der Waals surface area contributed by atoms with Crippen LogP contribution in [0.15, 0.2) is 42.6 Å². The van der Waals surface area contributed by atoms with Gasteiger partial charge in [0, 0.05) is 54.4 Å². The minimum Gasteiger partial charge on any atom is -0.481 e. The van der Waals surface area contributed by atoms with E-state index >= 15 is 0 Å². The maximum Gasteiger partial charge on any atom is 0.407 e. The lowest BCUT2D eigenvalue weighted by Crippen LogP contribution is -2.57. The SMILES string of the molecule is COC(=O)N[C@H](C(=O)N[C@H]1CCCC[C@@H]1CC[C@H]1CN[C@@H]2CCCS(=O)(=O)N1C2)[C@@H](c1ccc(Cl)cc1)c1ccc(OC)nc1. The van der Waals surface area contributed by atoms with Crippen molar-refractivity contribution >= 4 is 33.6 Å². The first-order valence-corrected chi connectivity index (χ1v) is 17.8. The van der Waals surface area contributed by atoms with E-state index in [0.29, 0.717) is 36.0 Å². The van der Waals surface area contributed by atoms with E-state index < -0.39 is 28.1 Å². The summed E-state index contributed by atoms with van der Waals surface area (Å²) < 4.78 is 37.9. The molecule has 11 nitrogen and oxygen atoms in total. The minimum absolute atomic E-state index is 0.0896. The van der Waals surface area contributed by atoms with Crippen LogP contribution in [0.5, 0.6) is 5.88 Å². The van der Waals surface area contributed by atoms with Crippen molar-refractivity contribution in [2.24, 2.45) is 5.92 Å². The second kappa shape index (κ2) is 15.1. The maximum absolute atomic E-state index is 14.2. The average Bonchev–Trinajstić information content (AvgIpc) is 3.16. The number of carbonyl (C=O) groups excluding carboxylic acids is 2. The van der Waals surface area contributed by atoms with Gasteiger partial charge in [-0.3, -0.25) is 4.79 Å². The highest BCUT2D eigenvalue weighted by molar-refractivity contribution is 7.89. The van der Waals surface area contributed by atoms with Crippen molar-refractivity contribution in [3.8, 4) is 5.88 Å². The maximum atomic E-state index is 14.2. The predicted molar refractivity (Wildman–Crippen MR) is 172 cm³/mol.